The van der Waals surface area contributed by atoms with E-state index < -0.39 is 16.0 Å². The Morgan fingerprint density at radius 3 is 2.44 bits per heavy atom. The van der Waals surface area contributed by atoms with E-state index in [0.29, 0.717) is 28.6 Å². The second kappa shape index (κ2) is 7.88. The summed E-state index contributed by atoms with van der Waals surface area (Å²) in [4.78, 5) is 11.6. The molecular formula is C18H16Cl2N2O4S. The normalized spacial score (nSPS) is 14.6. The molecule has 9 heteroatoms. The first kappa shape index (κ1) is 19.7. The highest BCUT2D eigenvalue weighted by atomic mass is 35.5. The van der Waals surface area contributed by atoms with E-state index in [1.807, 2.05) is 0 Å². The number of sulfonamides is 1. The molecule has 0 unspecified atom stereocenters. The summed E-state index contributed by atoms with van der Waals surface area (Å²) in [6.45, 7) is 0.270. The second-order valence-electron chi connectivity index (χ2n) is 5.85. The van der Waals surface area contributed by atoms with Crippen LogP contribution in [0.3, 0.4) is 0 Å². The first-order valence-electron chi connectivity index (χ1n) is 8.07. The highest BCUT2D eigenvalue weighted by molar-refractivity contribution is 7.89. The molecule has 0 bridgehead atoms. The van der Waals surface area contributed by atoms with Crippen LogP contribution >= 0.6 is 23.2 Å². The summed E-state index contributed by atoms with van der Waals surface area (Å²) in [5, 5.41) is 5.12. The molecule has 0 spiro atoms. The van der Waals surface area contributed by atoms with Crippen LogP contribution in [0.1, 0.15) is 28.8 Å². The third-order valence-electron chi connectivity index (χ3n) is 4.10. The average molecular weight is 427 g/mol. The number of carbonyl (C=O) groups is 1. The van der Waals surface area contributed by atoms with Crippen LogP contribution in [0.15, 0.2) is 52.5 Å². The van der Waals surface area contributed by atoms with Gasteiger partial charge in [0.1, 0.15) is 0 Å². The number of hydrogen-bond acceptors (Lipinski definition) is 5. The van der Waals surface area contributed by atoms with E-state index in [4.69, 9.17) is 23.2 Å². The Balaban J connectivity index is 1.91. The van der Waals surface area contributed by atoms with Crippen LogP contribution in [0.5, 0.6) is 0 Å². The fourth-order valence-electron chi connectivity index (χ4n) is 2.67. The number of methoxy groups -OCH3 is 1. The van der Waals surface area contributed by atoms with Crippen LogP contribution in [-0.4, -0.2) is 38.2 Å². The number of nitrogens with zero attached hydrogens (tertiary/aromatic N) is 2. The molecule has 2 aromatic rings. The van der Waals surface area contributed by atoms with Crippen LogP contribution < -0.4 is 0 Å². The van der Waals surface area contributed by atoms with Gasteiger partial charge in [-0.15, -0.1) is 0 Å². The standard InChI is InChI=1S/C18H16Cl2N2O4S/c1-26-18(23)12-4-7-14(8-5-12)27(24,25)22-10-2-3-17(21-22)13-6-9-15(19)16(20)11-13/h4-9,11H,2-3,10H2,1H3. The van der Waals surface area contributed by atoms with Crippen LogP contribution in [0, 0.1) is 0 Å². The van der Waals surface area contributed by atoms with Crippen LogP contribution in [0.25, 0.3) is 0 Å². The molecule has 0 atom stereocenters. The van der Waals surface area contributed by atoms with E-state index in [1.165, 1.54) is 31.4 Å². The minimum Gasteiger partial charge on any atom is -0.465 e. The number of ether oxygens (including phenoxy) is 1. The van der Waals surface area contributed by atoms with Gasteiger partial charge in [-0.2, -0.15) is 17.9 Å². The van der Waals surface area contributed by atoms with Gasteiger partial charge in [0.25, 0.3) is 10.0 Å². The van der Waals surface area contributed by atoms with Crippen molar-refractivity contribution in [3.8, 4) is 0 Å². The molecule has 6 nitrogen and oxygen atoms in total. The molecule has 0 radical (unpaired) electrons. The van der Waals surface area contributed by atoms with Crippen LogP contribution in [0.2, 0.25) is 10.0 Å². The zero-order chi connectivity index (χ0) is 19.6. The maximum absolute atomic E-state index is 12.9. The molecule has 27 heavy (non-hydrogen) atoms. The molecule has 0 N–H and O–H groups in total. The lowest BCUT2D eigenvalue weighted by molar-refractivity contribution is 0.0600. The van der Waals surface area contributed by atoms with Gasteiger partial charge in [-0.25, -0.2) is 4.79 Å². The molecule has 0 saturated carbocycles. The monoisotopic (exact) mass is 426 g/mol. The number of halogens is 2. The van der Waals surface area contributed by atoms with Crippen molar-refractivity contribution in [1.29, 1.82) is 0 Å². The fraction of sp³-hybridized carbons (Fsp3) is 0.222. The van der Waals surface area contributed by atoms with Crippen molar-refractivity contribution >= 4 is 44.9 Å². The fourth-order valence-corrected chi connectivity index (χ4v) is 4.27. The first-order valence-corrected chi connectivity index (χ1v) is 10.3. The van der Waals surface area contributed by atoms with E-state index >= 15 is 0 Å². The summed E-state index contributed by atoms with van der Waals surface area (Å²) in [5.74, 6) is -0.531. The summed E-state index contributed by atoms with van der Waals surface area (Å²) in [5.41, 5.74) is 1.62. The van der Waals surface area contributed by atoms with Gasteiger partial charge in [-0.1, -0.05) is 29.3 Å². The Morgan fingerprint density at radius 1 is 1.11 bits per heavy atom. The SMILES string of the molecule is COC(=O)c1ccc(S(=O)(=O)N2CCCC(c3ccc(Cl)c(Cl)c3)=N2)cc1. The highest BCUT2D eigenvalue weighted by Gasteiger charge is 2.27. The molecule has 2 aromatic carbocycles. The van der Waals surface area contributed by atoms with Gasteiger partial charge in [-0.3, -0.25) is 0 Å². The van der Waals surface area contributed by atoms with Crippen molar-refractivity contribution in [1.82, 2.24) is 4.41 Å². The topological polar surface area (TPSA) is 76.0 Å². The third-order valence-corrected chi connectivity index (χ3v) is 6.52. The van der Waals surface area contributed by atoms with Gasteiger partial charge in [0.15, 0.2) is 0 Å². The molecule has 1 aliphatic rings. The van der Waals surface area contributed by atoms with Gasteiger partial charge in [0, 0.05) is 0 Å². The molecule has 0 fully saturated rings. The predicted octanol–water partition coefficient (Wildman–Crippen LogP) is 3.97. The summed E-state index contributed by atoms with van der Waals surface area (Å²) in [6.07, 6.45) is 1.25. The summed E-state index contributed by atoms with van der Waals surface area (Å²) in [7, 11) is -2.57. The molecule has 142 valence electrons. The number of hydrazone groups is 1. The van der Waals surface area contributed by atoms with Crippen LogP contribution in [-0.2, 0) is 14.8 Å². The second-order valence-corrected chi connectivity index (χ2v) is 8.50. The van der Waals surface area contributed by atoms with Crippen molar-refractivity contribution in [3.05, 3.63) is 63.6 Å². The third kappa shape index (κ3) is 4.10. The minimum absolute atomic E-state index is 0.0503. The van der Waals surface area contributed by atoms with Gasteiger partial charge in [-0.05, 0) is 54.8 Å². The van der Waals surface area contributed by atoms with E-state index in [-0.39, 0.29) is 17.0 Å². The molecular weight excluding hydrogens is 411 g/mol. The maximum Gasteiger partial charge on any atom is 0.337 e. The lowest BCUT2D eigenvalue weighted by Gasteiger charge is -2.25. The van der Waals surface area contributed by atoms with E-state index in [0.717, 1.165) is 9.98 Å². The van der Waals surface area contributed by atoms with E-state index in [9.17, 15) is 13.2 Å². The van der Waals surface area contributed by atoms with Gasteiger partial charge in [0.05, 0.1) is 39.9 Å². The lowest BCUT2D eigenvalue weighted by atomic mass is 10.1. The first-order chi connectivity index (χ1) is 12.8. The van der Waals surface area contributed by atoms with Gasteiger partial charge < -0.3 is 4.74 Å². The molecule has 3 rings (SSSR count). The summed E-state index contributed by atoms with van der Waals surface area (Å²) >= 11 is 12.0. The number of hydrogen-bond donors (Lipinski definition) is 0. The van der Waals surface area contributed by atoms with Gasteiger partial charge in [0.2, 0.25) is 0 Å². The molecule has 0 aromatic heterocycles. The Kier molecular flexibility index (Phi) is 5.74. The molecule has 0 saturated heterocycles. The number of benzene rings is 2. The zero-order valence-corrected chi connectivity index (χ0v) is 16.7. The molecule has 1 heterocycles. The largest absolute Gasteiger partial charge is 0.465 e. The average Bonchev–Trinajstić information content (AvgIpc) is 2.69. The number of carbonyl (C=O) groups excluding carboxylic acids is 1. The quantitative estimate of drug-likeness (QED) is 0.692. The zero-order valence-electron chi connectivity index (χ0n) is 14.4. The summed E-state index contributed by atoms with van der Waals surface area (Å²) < 4.78 is 31.5. The Morgan fingerprint density at radius 2 is 1.81 bits per heavy atom. The molecule has 1 aliphatic heterocycles. The smallest absolute Gasteiger partial charge is 0.337 e. The van der Waals surface area contributed by atoms with E-state index in [1.54, 1.807) is 18.2 Å². The Hall–Kier alpha value is -2.09. The molecule has 0 aliphatic carbocycles. The predicted molar refractivity (Wildman–Crippen MR) is 104 cm³/mol. The molecule has 0 amide bonds. The van der Waals surface area contributed by atoms with Crippen LogP contribution in [0.4, 0.5) is 0 Å². The van der Waals surface area contributed by atoms with E-state index in [2.05, 4.69) is 9.84 Å². The summed E-state index contributed by atoms with van der Waals surface area (Å²) in [6, 6.07) is 10.6. The van der Waals surface area contributed by atoms with Crippen molar-refractivity contribution in [2.24, 2.45) is 5.10 Å². The highest BCUT2D eigenvalue weighted by Crippen LogP contribution is 2.26. The van der Waals surface area contributed by atoms with Crippen molar-refractivity contribution in [2.45, 2.75) is 17.7 Å². The Bertz CT molecular complexity index is 1000. The number of rotatable bonds is 4. The number of esters is 1. The van der Waals surface area contributed by atoms with Crippen molar-refractivity contribution in [3.63, 3.8) is 0 Å². The lowest BCUT2D eigenvalue weighted by Crippen LogP contribution is -2.32. The maximum atomic E-state index is 12.9. The van der Waals surface area contributed by atoms with Gasteiger partial charge >= 0.3 is 5.97 Å². The Labute approximate surface area is 167 Å². The minimum atomic E-state index is -3.84. The van der Waals surface area contributed by atoms with Crippen molar-refractivity contribution < 1.29 is 17.9 Å². The van der Waals surface area contributed by atoms with Crippen molar-refractivity contribution in [2.75, 3.05) is 13.7 Å².